The lowest BCUT2D eigenvalue weighted by Gasteiger charge is -2.26. The van der Waals surface area contributed by atoms with E-state index >= 15 is 0 Å². The van der Waals surface area contributed by atoms with E-state index in [1.54, 1.807) is 0 Å². The van der Waals surface area contributed by atoms with Crippen LogP contribution >= 0.6 is 0 Å². The molecule has 0 amide bonds. The molecule has 122 valence electrons. The zero-order chi connectivity index (χ0) is 16.8. The van der Waals surface area contributed by atoms with Gasteiger partial charge in [0.2, 0.25) is 0 Å². The van der Waals surface area contributed by atoms with Crippen molar-refractivity contribution < 1.29 is 13.2 Å². The van der Waals surface area contributed by atoms with Crippen LogP contribution in [0.3, 0.4) is 0 Å². The Hall–Kier alpha value is -2.29. The van der Waals surface area contributed by atoms with Crippen molar-refractivity contribution >= 4 is 10.8 Å². The monoisotopic (exact) mass is 326 g/mol. The highest BCUT2D eigenvalue weighted by Gasteiger charge is 2.24. The van der Waals surface area contributed by atoms with E-state index in [9.17, 15) is 13.2 Å². The summed E-state index contributed by atoms with van der Waals surface area (Å²) < 4.78 is 41.8. The van der Waals surface area contributed by atoms with Gasteiger partial charge in [-0.3, -0.25) is 0 Å². The van der Waals surface area contributed by atoms with Gasteiger partial charge in [-0.15, -0.1) is 0 Å². The Bertz CT molecular complexity index is 943. The van der Waals surface area contributed by atoms with E-state index in [1.165, 1.54) is 12.1 Å². The van der Waals surface area contributed by atoms with Gasteiger partial charge in [-0.2, -0.15) is 0 Å². The van der Waals surface area contributed by atoms with Crippen molar-refractivity contribution in [1.82, 2.24) is 0 Å². The first-order valence-corrected chi connectivity index (χ1v) is 8.18. The molecule has 3 aromatic rings. The maximum absolute atomic E-state index is 15.0. The van der Waals surface area contributed by atoms with Crippen LogP contribution in [0.2, 0.25) is 0 Å². The minimum Gasteiger partial charge on any atom is -0.206 e. The molecule has 0 N–H and O–H groups in total. The highest BCUT2D eigenvalue weighted by atomic mass is 19.2. The van der Waals surface area contributed by atoms with E-state index in [0.29, 0.717) is 23.8 Å². The summed E-state index contributed by atoms with van der Waals surface area (Å²) in [4.78, 5) is 0. The number of fused-ring (bicyclic) bond motifs is 2. The molecule has 0 bridgehead atoms. The fraction of sp³-hybridized carbons (Fsp3) is 0.238. The van der Waals surface area contributed by atoms with E-state index in [-0.39, 0.29) is 11.7 Å². The second-order valence-corrected chi connectivity index (χ2v) is 6.67. The molecule has 0 fully saturated rings. The average molecular weight is 326 g/mol. The Morgan fingerprint density at radius 3 is 2.42 bits per heavy atom. The molecule has 1 unspecified atom stereocenters. The average Bonchev–Trinajstić information content (AvgIpc) is 2.56. The molecule has 0 nitrogen and oxygen atoms in total. The molecule has 3 heteroatoms. The van der Waals surface area contributed by atoms with Crippen LogP contribution in [0.4, 0.5) is 13.2 Å². The van der Waals surface area contributed by atoms with Gasteiger partial charge in [0.05, 0.1) is 0 Å². The van der Waals surface area contributed by atoms with Crippen molar-refractivity contribution in [3.63, 3.8) is 0 Å². The van der Waals surface area contributed by atoms with Gasteiger partial charge in [-0.05, 0) is 66.3 Å². The van der Waals surface area contributed by atoms with Gasteiger partial charge < -0.3 is 0 Å². The van der Waals surface area contributed by atoms with Gasteiger partial charge in [0.15, 0.2) is 11.6 Å². The molecule has 1 aliphatic rings. The molecule has 0 aromatic heterocycles. The molecule has 0 spiro atoms. The molecule has 0 heterocycles. The summed E-state index contributed by atoms with van der Waals surface area (Å²) in [5.41, 5.74) is 3.39. The predicted octanol–water partition coefficient (Wildman–Crippen LogP) is 5.84. The minimum absolute atomic E-state index is 0.00642. The van der Waals surface area contributed by atoms with Gasteiger partial charge in [0.1, 0.15) is 5.82 Å². The first-order valence-electron chi connectivity index (χ1n) is 8.18. The minimum atomic E-state index is -0.830. The first-order chi connectivity index (χ1) is 11.5. The van der Waals surface area contributed by atoms with Crippen LogP contribution in [0.25, 0.3) is 10.8 Å². The number of hydrogen-bond donors (Lipinski definition) is 0. The smallest absolute Gasteiger partial charge is 0.159 e. The summed E-state index contributed by atoms with van der Waals surface area (Å²) in [7, 11) is 0. The van der Waals surface area contributed by atoms with E-state index in [2.05, 4.69) is 0 Å². The van der Waals surface area contributed by atoms with Gasteiger partial charge in [0.25, 0.3) is 0 Å². The third-order valence-electron chi connectivity index (χ3n) is 5.05. The Kier molecular flexibility index (Phi) is 3.60. The fourth-order valence-electron chi connectivity index (χ4n) is 3.76. The standard InChI is InChI=1S/C21H17F3/c1-12-2-6-17-14(8-12)5-7-18(21(17)24)15-4-3-13-10-19(22)20(23)11-16(13)9-15/h2,5-8,10-11,15H,3-4,9H2,1H3. The van der Waals surface area contributed by atoms with Crippen LogP contribution in [0.15, 0.2) is 42.5 Å². The zero-order valence-corrected chi connectivity index (χ0v) is 13.4. The molecule has 0 radical (unpaired) electrons. The van der Waals surface area contributed by atoms with Crippen LogP contribution in [-0.2, 0) is 12.8 Å². The highest BCUT2D eigenvalue weighted by molar-refractivity contribution is 5.84. The summed E-state index contributed by atoms with van der Waals surface area (Å²) in [5, 5.41) is 1.51. The SMILES string of the molecule is Cc1ccc2c(F)c(C3CCc4cc(F)c(F)cc4C3)ccc2c1. The van der Waals surface area contributed by atoms with Gasteiger partial charge >= 0.3 is 0 Å². The second-order valence-electron chi connectivity index (χ2n) is 6.67. The summed E-state index contributed by atoms with van der Waals surface area (Å²) in [5.74, 6) is -1.83. The van der Waals surface area contributed by atoms with E-state index < -0.39 is 11.6 Å². The van der Waals surface area contributed by atoms with Crippen molar-refractivity contribution in [2.75, 3.05) is 0 Å². The molecule has 24 heavy (non-hydrogen) atoms. The lowest BCUT2D eigenvalue weighted by Crippen LogP contribution is -2.15. The predicted molar refractivity (Wildman–Crippen MR) is 89.8 cm³/mol. The largest absolute Gasteiger partial charge is 0.206 e. The van der Waals surface area contributed by atoms with Crippen molar-refractivity contribution in [1.29, 1.82) is 0 Å². The third-order valence-corrected chi connectivity index (χ3v) is 5.05. The lowest BCUT2D eigenvalue weighted by atomic mass is 9.79. The topological polar surface area (TPSA) is 0 Å². The summed E-state index contributed by atoms with van der Waals surface area (Å²) in [6, 6.07) is 12.0. The van der Waals surface area contributed by atoms with Gasteiger partial charge in [-0.1, -0.05) is 35.9 Å². The van der Waals surface area contributed by atoms with Crippen molar-refractivity contribution in [2.24, 2.45) is 0 Å². The molecule has 1 atom stereocenters. The van der Waals surface area contributed by atoms with E-state index in [1.807, 2.05) is 37.3 Å². The summed E-state index contributed by atoms with van der Waals surface area (Å²) >= 11 is 0. The van der Waals surface area contributed by atoms with E-state index in [4.69, 9.17) is 0 Å². The molecule has 0 saturated carbocycles. The maximum atomic E-state index is 15.0. The second kappa shape index (κ2) is 5.66. The molecule has 0 saturated heterocycles. The Morgan fingerprint density at radius 2 is 1.62 bits per heavy atom. The maximum Gasteiger partial charge on any atom is 0.159 e. The number of hydrogen-bond acceptors (Lipinski definition) is 0. The fourth-order valence-corrected chi connectivity index (χ4v) is 3.76. The molecule has 1 aliphatic carbocycles. The first kappa shape index (κ1) is 15.3. The number of aryl methyl sites for hydroxylation is 2. The van der Waals surface area contributed by atoms with Crippen LogP contribution in [0.5, 0.6) is 0 Å². The molecular formula is C21H17F3. The summed E-state index contributed by atoms with van der Waals surface area (Å²) in [6.45, 7) is 1.98. The van der Waals surface area contributed by atoms with Crippen molar-refractivity contribution in [3.8, 4) is 0 Å². The van der Waals surface area contributed by atoms with Crippen LogP contribution in [-0.4, -0.2) is 0 Å². The van der Waals surface area contributed by atoms with Crippen LogP contribution in [0.1, 0.15) is 34.6 Å². The van der Waals surface area contributed by atoms with Gasteiger partial charge in [-0.25, -0.2) is 13.2 Å². The Morgan fingerprint density at radius 1 is 0.875 bits per heavy atom. The van der Waals surface area contributed by atoms with Crippen molar-refractivity contribution in [2.45, 2.75) is 32.1 Å². The molecular weight excluding hydrogens is 309 g/mol. The lowest BCUT2D eigenvalue weighted by molar-refractivity contribution is 0.493. The molecule has 0 aliphatic heterocycles. The Balaban J connectivity index is 1.74. The number of halogens is 3. The molecule has 3 aromatic carbocycles. The third kappa shape index (κ3) is 2.48. The zero-order valence-electron chi connectivity index (χ0n) is 13.4. The van der Waals surface area contributed by atoms with Gasteiger partial charge in [0, 0.05) is 5.39 Å². The summed E-state index contributed by atoms with van der Waals surface area (Å²) in [6.07, 6.45) is 1.93. The highest BCUT2D eigenvalue weighted by Crippen LogP contribution is 2.36. The number of benzene rings is 3. The number of rotatable bonds is 1. The van der Waals surface area contributed by atoms with Crippen LogP contribution < -0.4 is 0 Å². The Labute approximate surface area is 138 Å². The molecule has 4 rings (SSSR count). The normalized spacial score (nSPS) is 17.1. The van der Waals surface area contributed by atoms with Crippen molar-refractivity contribution in [3.05, 3.63) is 82.2 Å². The van der Waals surface area contributed by atoms with Crippen LogP contribution in [0, 0.1) is 24.4 Å². The quantitative estimate of drug-likeness (QED) is 0.527. The van der Waals surface area contributed by atoms with E-state index in [0.717, 1.165) is 28.5 Å².